The van der Waals surface area contributed by atoms with Crippen LogP contribution in [-0.4, -0.2) is 53.6 Å². The van der Waals surface area contributed by atoms with E-state index in [9.17, 15) is 9.59 Å². The van der Waals surface area contributed by atoms with Crippen LogP contribution in [0.2, 0.25) is 0 Å². The van der Waals surface area contributed by atoms with Crippen LogP contribution < -0.4 is 28.7 Å². The summed E-state index contributed by atoms with van der Waals surface area (Å²) in [4.78, 5) is 35.9. The molecule has 342 valence electrons. The second kappa shape index (κ2) is 20.0. The molecular weight excluding hydrogens is 893 g/mol. The molecule has 0 atom stereocenters. The Hall–Kier alpha value is -7.80. The number of ether oxygens (including phenoxy) is 6. The van der Waals surface area contributed by atoms with Crippen LogP contribution in [0.1, 0.15) is 25.0 Å². The lowest BCUT2D eigenvalue weighted by Gasteiger charge is -2.26. The highest BCUT2D eigenvalue weighted by atomic mass is 32.1. The van der Waals surface area contributed by atoms with Crippen molar-refractivity contribution in [1.29, 1.82) is 0 Å². The molecule has 12 heteroatoms. The molecule has 0 unspecified atom stereocenters. The summed E-state index contributed by atoms with van der Waals surface area (Å²) in [5.41, 5.74) is 9.70. The van der Waals surface area contributed by atoms with Crippen molar-refractivity contribution in [3.8, 4) is 53.6 Å². The normalized spacial score (nSPS) is 11.3. The number of hydrogen-bond acceptors (Lipinski definition) is 12. The summed E-state index contributed by atoms with van der Waals surface area (Å²) in [7, 11) is 6.62. The lowest BCUT2D eigenvalue weighted by Crippen LogP contribution is -2.20. The zero-order valence-corrected chi connectivity index (χ0v) is 40.0. The molecule has 2 aromatic heterocycles. The van der Waals surface area contributed by atoms with E-state index in [1.165, 1.54) is 0 Å². The predicted molar refractivity (Wildman–Crippen MR) is 273 cm³/mol. The molecule has 2 heterocycles. The molecule has 68 heavy (non-hydrogen) atoms. The molecule has 10 nitrogen and oxygen atoms in total. The Morgan fingerprint density at radius 3 is 0.926 bits per heavy atom. The highest BCUT2D eigenvalue weighted by molar-refractivity contribution is 7.26. The Morgan fingerprint density at radius 1 is 0.412 bits per heavy atom. The molecule has 0 fully saturated rings. The Kier molecular flexibility index (Phi) is 13.3. The fourth-order valence-electron chi connectivity index (χ4n) is 8.25. The van der Waals surface area contributed by atoms with E-state index in [-0.39, 0.29) is 18.8 Å². The van der Waals surface area contributed by atoms with E-state index in [1.54, 1.807) is 65.0 Å². The Morgan fingerprint density at radius 2 is 0.676 bits per heavy atom. The first kappa shape index (κ1) is 45.4. The van der Waals surface area contributed by atoms with Crippen molar-refractivity contribution in [2.24, 2.45) is 0 Å². The molecule has 0 saturated carbocycles. The number of esters is 2. The Labute approximate surface area is 403 Å². The van der Waals surface area contributed by atoms with Gasteiger partial charge >= 0.3 is 11.9 Å². The maximum atomic E-state index is 13.8. The third kappa shape index (κ3) is 8.91. The van der Waals surface area contributed by atoms with Crippen LogP contribution in [0.4, 0.5) is 34.1 Å². The second-order valence-electron chi connectivity index (χ2n) is 15.5. The number of methoxy groups -OCH3 is 4. The monoisotopic (exact) mass is 940 g/mol. The van der Waals surface area contributed by atoms with E-state index < -0.39 is 11.9 Å². The van der Waals surface area contributed by atoms with E-state index in [4.69, 9.17) is 28.4 Å². The molecule has 0 aliphatic heterocycles. The van der Waals surface area contributed by atoms with Gasteiger partial charge in [-0.1, -0.05) is 24.3 Å². The number of carbonyl (C=O) groups excluding carboxylic acids is 2. The highest BCUT2D eigenvalue weighted by Gasteiger charge is 2.37. The largest absolute Gasteiger partial charge is 0.497 e. The van der Waals surface area contributed by atoms with Gasteiger partial charge < -0.3 is 38.2 Å². The average molecular weight is 941 g/mol. The Bertz CT molecular complexity index is 2780. The van der Waals surface area contributed by atoms with Gasteiger partial charge in [0, 0.05) is 60.6 Å². The van der Waals surface area contributed by atoms with E-state index in [2.05, 4.69) is 70.5 Å². The van der Waals surface area contributed by atoms with Crippen molar-refractivity contribution in [3.63, 3.8) is 0 Å². The van der Waals surface area contributed by atoms with Crippen molar-refractivity contribution in [2.75, 3.05) is 51.5 Å². The van der Waals surface area contributed by atoms with Gasteiger partial charge in [0.2, 0.25) is 0 Å². The van der Waals surface area contributed by atoms with Crippen LogP contribution in [-0.2, 0) is 19.1 Å². The molecule has 0 amide bonds. The number of fused-ring (bicyclic) bond motifs is 3. The number of thiophene rings is 2. The maximum absolute atomic E-state index is 13.8. The minimum atomic E-state index is -0.719. The van der Waals surface area contributed by atoms with Gasteiger partial charge in [0.15, 0.2) is 5.57 Å². The average Bonchev–Trinajstić information content (AvgIpc) is 4.08. The van der Waals surface area contributed by atoms with Crippen LogP contribution in [0.3, 0.4) is 0 Å². The number of rotatable bonds is 16. The van der Waals surface area contributed by atoms with Crippen molar-refractivity contribution in [2.45, 2.75) is 13.8 Å². The molecule has 9 rings (SSSR count). The number of anilines is 6. The van der Waals surface area contributed by atoms with Gasteiger partial charge in [-0.2, -0.15) is 0 Å². The van der Waals surface area contributed by atoms with Gasteiger partial charge in [0.1, 0.15) is 23.0 Å². The standard InChI is InChI=1S/C56H48N2O8S2/c1-7-65-55(59)52(56(60)66-8-2)51-47-33-49(35-9-13-37(14-10-35)57(39-17-25-43(61-3)26-18-39)40-19-27-44(62-4)28-20-40)67-53(47)54-48(51)34-50(68-54)36-11-15-38(16-12-36)58(41-21-29-45(63-5)30-22-41)42-23-31-46(64-6)32-24-42/h9-34H,7-8H2,1-6H3. The van der Waals surface area contributed by atoms with Crippen LogP contribution in [0, 0.1) is 0 Å². The molecule has 0 N–H and O–H groups in total. The lowest BCUT2D eigenvalue weighted by atomic mass is 9.98. The third-order valence-electron chi connectivity index (χ3n) is 11.6. The zero-order chi connectivity index (χ0) is 47.3. The number of carbonyl (C=O) groups is 2. The first-order valence-corrected chi connectivity index (χ1v) is 23.6. The summed E-state index contributed by atoms with van der Waals surface area (Å²) in [6.45, 7) is 3.66. The van der Waals surface area contributed by atoms with Gasteiger partial charge in [0.25, 0.3) is 0 Å². The van der Waals surface area contributed by atoms with Crippen molar-refractivity contribution >= 4 is 74.3 Å². The van der Waals surface area contributed by atoms with Crippen LogP contribution in [0.25, 0.3) is 36.2 Å². The predicted octanol–water partition coefficient (Wildman–Crippen LogP) is 14.0. The molecule has 1 aliphatic carbocycles. The van der Waals surface area contributed by atoms with Crippen molar-refractivity contribution < 1.29 is 38.0 Å². The number of nitrogens with zero attached hydrogens (tertiary/aromatic N) is 2. The first-order valence-electron chi connectivity index (χ1n) is 22.0. The van der Waals surface area contributed by atoms with Crippen LogP contribution >= 0.6 is 22.7 Å². The van der Waals surface area contributed by atoms with Crippen LogP contribution in [0.15, 0.2) is 163 Å². The zero-order valence-electron chi connectivity index (χ0n) is 38.4. The molecule has 0 saturated heterocycles. The fraction of sp³-hybridized carbons (Fsp3) is 0.143. The lowest BCUT2D eigenvalue weighted by molar-refractivity contribution is -0.146. The third-order valence-corrected chi connectivity index (χ3v) is 14.1. The summed E-state index contributed by atoms with van der Waals surface area (Å²) >= 11 is 3.25. The maximum Gasteiger partial charge on any atom is 0.346 e. The van der Waals surface area contributed by atoms with E-state index in [1.807, 2.05) is 97.1 Å². The summed E-state index contributed by atoms with van der Waals surface area (Å²) in [5.74, 6) is 1.63. The minimum Gasteiger partial charge on any atom is -0.497 e. The van der Waals surface area contributed by atoms with E-state index in [0.717, 1.165) is 98.9 Å². The summed E-state index contributed by atoms with van der Waals surface area (Å²) in [6, 6.07) is 52.7. The smallest absolute Gasteiger partial charge is 0.346 e. The summed E-state index contributed by atoms with van der Waals surface area (Å²) in [6.07, 6.45) is 0. The number of hydrogen-bond donors (Lipinski definition) is 0. The Balaban J connectivity index is 1.11. The second-order valence-corrected chi connectivity index (χ2v) is 17.6. The van der Waals surface area contributed by atoms with Crippen molar-refractivity contribution in [3.05, 3.63) is 174 Å². The van der Waals surface area contributed by atoms with Gasteiger partial charge in [-0.3, -0.25) is 0 Å². The van der Waals surface area contributed by atoms with Gasteiger partial charge in [0.05, 0.1) is 51.4 Å². The van der Waals surface area contributed by atoms with E-state index >= 15 is 0 Å². The molecule has 6 aromatic carbocycles. The molecular formula is C56H48N2O8S2. The molecule has 1 aliphatic rings. The van der Waals surface area contributed by atoms with E-state index in [0.29, 0.717) is 5.57 Å². The molecule has 0 bridgehead atoms. The fourth-order valence-corrected chi connectivity index (χ4v) is 10.8. The van der Waals surface area contributed by atoms with Gasteiger partial charge in [-0.15, -0.1) is 22.7 Å². The molecule has 0 radical (unpaired) electrons. The summed E-state index contributed by atoms with van der Waals surface area (Å²) < 4.78 is 32.9. The SMILES string of the molecule is CCOC(=O)C(C(=O)OCC)=C1c2cc(-c3ccc(N(c4ccc(OC)cc4)c4ccc(OC)cc4)cc3)sc2-c2sc(-c3ccc(N(c4ccc(OC)cc4)c4ccc(OC)cc4)cc3)cc21. The number of benzene rings is 6. The minimum absolute atomic E-state index is 0.103. The quantitative estimate of drug-likeness (QED) is 0.0403. The molecule has 8 aromatic rings. The first-order chi connectivity index (χ1) is 33.2. The molecule has 0 spiro atoms. The van der Waals surface area contributed by atoms with Crippen molar-refractivity contribution in [1.82, 2.24) is 0 Å². The van der Waals surface area contributed by atoms with Crippen LogP contribution in [0.5, 0.6) is 23.0 Å². The highest BCUT2D eigenvalue weighted by Crippen LogP contribution is 2.57. The van der Waals surface area contributed by atoms with Gasteiger partial charge in [-0.05, 0) is 158 Å². The topological polar surface area (TPSA) is 96.0 Å². The van der Waals surface area contributed by atoms with Gasteiger partial charge in [-0.25, -0.2) is 9.59 Å². The summed E-state index contributed by atoms with van der Waals surface area (Å²) in [5, 5.41) is 0.